The second kappa shape index (κ2) is 7.35. The molecule has 0 aromatic carbocycles. The van der Waals surface area contributed by atoms with E-state index >= 15 is 0 Å². The molecule has 4 rings (SSSR count). The van der Waals surface area contributed by atoms with Gasteiger partial charge in [0, 0.05) is 18.9 Å². The lowest BCUT2D eigenvalue weighted by Crippen LogP contribution is -2.75. The van der Waals surface area contributed by atoms with Crippen LogP contribution >= 0.6 is 0 Å². The molecule has 2 unspecified atom stereocenters. The minimum absolute atomic E-state index is 0.118. The number of carbonyl (C=O) groups excluding carboxylic acids is 1. The zero-order valence-electron chi connectivity index (χ0n) is 15.3. The fourth-order valence-corrected chi connectivity index (χ4v) is 6.10. The quantitative estimate of drug-likeness (QED) is 0.699. The summed E-state index contributed by atoms with van der Waals surface area (Å²) in [7, 11) is 0. The van der Waals surface area contributed by atoms with Crippen LogP contribution in [0.15, 0.2) is 0 Å². The van der Waals surface area contributed by atoms with Gasteiger partial charge in [0.15, 0.2) is 0 Å². The zero-order valence-corrected chi connectivity index (χ0v) is 15.3. The molecule has 2 aliphatic carbocycles. The lowest BCUT2D eigenvalue weighted by Gasteiger charge is -2.62. The van der Waals surface area contributed by atoms with E-state index in [9.17, 15) is 4.79 Å². The summed E-state index contributed by atoms with van der Waals surface area (Å²) < 4.78 is 6.41. The fraction of sp³-hybridized carbons (Fsp3) is 0.952. The second-order valence-corrected chi connectivity index (χ2v) is 8.95. The summed E-state index contributed by atoms with van der Waals surface area (Å²) in [6, 6.07) is 0.532. The maximum atomic E-state index is 12.8. The summed E-state index contributed by atoms with van der Waals surface area (Å²) in [5.41, 5.74) is -0.118. The predicted molar refractivity (Wildman–Crippen MR) is 95.8 cm³/mol. The lowest BCUT2D eigenvalue weighted by atomic mass is 9.65. The highest BCUT2D eigenvalue weighted by atomic mass is 16.6. The standard InChI is InChI=1S/C21H35NO2/c23-20(15-17-9-3-1-4-10-17)24-21(18-11-5-2-6-12-18)16-22-14-8-7-13-19(21)22/h17-19H,1-16H2. The van der Waals surface area contributed by atoms with Crippen LogP contribution in [0.2, 0.25) is 0 Å². The summed E-state index contributed by atoms with van der Waals surface area (Å²) in [5, 5.41) is 0. The first-order valence-electron chi connectivity index (χ1n) is 10.7. The topological polar surface area (TPSA) is 29.5 Å². The average Bonchev–Trinajstić information content (AvgIpc) is 2.61. The lowest BCUT2D eigenvalue weighted by molar-refractivity contribution is -0.229. The van der Waals surface area contributed by atoms with Crippen LogP contribution in [0, 0.1) is 11.8 Å². The van der Waals surface area contributed by atoms with Crippen LogP contribution in [0.3, 0.4) is 0 Å². The van der Waals surface area contributed by atoms with Crippen LogP contribution < -0.4 is 0 Å². The van der Waals surface area contributed by atoms with Gasteiger partial charge in [-0.3, -0.25) is 9.69 Å². The van der Waals surface area contributed by atoms with E-state index in [0.29, 0.717) is 24.3 Å². The van der Waals surface area contributed by atoms with Crippen molar-refractivity contribution in [2.45, 2.75) is 102 Å². The Kier molecular flexibility index (Phi) is 5.17. The molecule has 0 aromatic heterocycles. The third kappa shape index (κ3) is 3.25. The summed E-state index contributed by atoms with van der Waals surface area (Å²) in [6.07, 6.45) is 17.6. The molecule has 2 heterocycles. The van der Waals surface area contributed by atoms with Gasteiger partial charge >= 0.3 is 5.97 Å². The molecule has 2 aliphatic heterocycles. The molecule has 3 nitrogen and oxygen atoms in total. The van der Waals surface area contributed by atoms with Crippen LogP contribution in [0.5, 0.6) is 0 Å². The molecule has 0 aromatic rings. The summed E-state index contributed by atoms with van der Waals surface area (Å²) in [6.45, 7) is 2.25. The van der Waals surface area contributed by atoms with Gasteiger partial charge in [0.1, 0.15) is 5.60 Å². The van der Waals surface area contributed by atoms with Crippen molar-refractivity contribution in [3.63, 3.8) is 0 Å². The Morgan fingerprint density at radius 3 is 2.25 bits per heavy atom. The van der Waals surface area contributed by atoms with E-state index < -0.39 is 0 Å². The Morgan fingerprint density at radius 1 is 0.875 bits per heavy atom. The van der Waals surface area contributed by atoms with Crippen molar-refractivity contribution >= 4 is 5.97 Å². The predicted octanol–water partition coefficient (Wildman–Crippen LogP) is 4.69. The molecule has 24 heavy (non-hydrogen) atoms. The van der Waals surface area contributed by atoms with E-state index in [-0.39, 0.29) is 11.6 Å². The Hall–Kier alpha value is -0.570. The number of hydrogen-bond donors (Lipinski definition) is 0. The van der Waals surface area contributed by atoms with Crippen LogP contribution in [0.25, 0.3) is 0 Å². The minimum Gasteiger partial charge on any atom is -0.456 e. The molecule has 2 saturated carbocycles. The third-order valence-corrected chi connectivity index (χ3v) is 7.41. The maximum Gasteiger partial charge on any atom is 0.306 e. The maximum absolute atomic E-state index is 12.8. The number of piperidine rings is 1. The minimum atomic E-state index is -0.118. The smallest absolute Gasteiger partial charge is 0.306 e. The number of nitrogens with zero attached hydrogens (tertiary/aromatic N) is 1. The van der Waals surface area contributed by atoms with Crippen molar-refractivity contribution in [2.24, 2.45) is 11.8 Å². The Balaban J connectivity index is 1.43. The van der Waals surface area contributed by atoms with E-state index in [1.807, 2.05) is 0 Å². The molecule has 2 atom stereocenters. The number of rotatable bonds is 4. The molecule has 0 amide bonds. The molecular weight excluding hydrogens is 298 g/mol. The van der Waals surface area contributed by atoms with Crippen molar-refractivity contribution in [2.75, 3.05) is 13.1 Å². The molecular formula is C21H35NO2. The Bertz CT molecular complexity index is 430. The molecule has 0 radical (unpaired) electrons. The first-order valence-corrected chi connectivity index (χ1v) is 10.7. The summed E-state index contributed by atoms with van der Waals surface area (Å²) in [4.78, 5) is 15.4. The summed E-state index contributed by atoms with van der Waals surface area (Å²) >= 11 is 0. The third-order valence-electron chi connectivity index (χ3n) is 7.41. The van der Waals surface area contributed by atoms with Gasteiger partial charge in [-0.2, -0.15) is 0 Å². The normalized spacial score (nSPS) is 35.9. The van der Waals surface area contributed by atoms with Gasteiger partial charge in [0.2, 0.25) is 0 Å². The van der Waals surface area contributed by atoms with Gasteiger partial charge in [-0.15, -0.1) is 0 Å². The van der Waals surface area contributed by atoms with Gasteiger partial charge in [-0.05, 0) is 51.0 Å². The monoisotopic (exact) mass is 333 g/mol. The second-order valence-electron chi connectivity index (χ2n) is 8.95. The van der Waals surface area contributed by atoms with Gasteiger partial charge in [0.25, 0.3) is 0 Å². The fourth-order valence-electron chi connectivity index (χ4n) is 6.10. The van der Waals surface area contributed by atoms with Crippen molar-refractivity contribution in [3.8, 4) is 0 Å². The molecule has 3 heteroatoms. The zero-order chi connectivity index (χ0) is 16.4. The molecule has 0 N–H and O–H groups in total. The van der Waals surface area contributed by atoms with Crippen LogP contribution in [-0.2, 0) is 9.53 Å². The van der Waals surface area contributed by atoms with Crippen LogP contribution in [0.4, 0.5) is 0 Å². The molecule has 4 fully saturated rings. The number of hydrogen-bond acceptors (Lipinski definition) is 3. The van der Waals surface area contributed by atoms with E-state index in [0.717, 1.165) is 6.54 Å². The van der Waals surface area contributed by atoms with Gasteiger partial charge in [-0.25, -0.2) is 0 Å². The Labute approximate surface area is 147 Å². The van der Waals surface area contributed by atoms with E-state index in [2.05, 4.69) is 4.90 Å². The first-order chi connectivity index (χ1) is 11.8. The van der Waals surface area contributed by atoms with E-state index in [1.54, 1.807) is 0 Å². The van der Waals surface area contributed by atoms with Crippen LogP contribution in [-0.4, -0.2) is 35.6 Å². The van der Waals surface area contributed by atoms with Crippen molar-refractivity contribution in [1.82, 2.24) is 4.90 Å². The van der Waals surface area contributed by atoms with Gasteiger partial charge in [0.05, 0.1) is 6.04 Å². The highest BCUT2D eigenvalue weighted by molar-refractivity contribution is 5.70. The molecule has 136 valence electrons. The van der Waals surface area contributed by atoms with Crippen molar-refractivity contribution < 1.29 is 9.53 Å². The number of fused-ring (bicyclic) bond motifs is 1. The van der Waals surface area contributed by atoms with Crippen molar-refractivity contribution in [3.05, 3.63) is 0 Å². The first kappa shape index (κ1) is 16.9. The average molecular weight is 334 g/mol. The molecule has 2 saturated heterocycles. The SMILES string of the molecule is O=C(CC1CCCCC1)OC1(C2CCCCC2)CN2CCCCC21. The Morgan fingerprint density at radius 2 is 1.54 bits per heavy atom. The van der Waals surface area contributed by atoms with E-state index in [1.165, 1.54) is 90.0 Å². The highest BCUT2D eigenvalue weighted by Crippen LogP contribution is 2.48. The molecule has 0 bridgehead atoms. The van der Waals surface area contributed by atoms with Crippen molar-refractivity contribution in [1.29, 1.82) is 0 Å². The van der Waals surface area contributed by atoms with Gasteiger partial charge < -0.3 is 4.74 Å². The number of carbonyl (C=O) groups is 1. The highest BCUT2D eigenvalue weighted by Gasteiger charge is 2.59. The van der Waals surface area contributed by atoms with E-state index in [4.69, 9.17) is 4.74 Å². The largest absolute Gasteiger partial charge is 0.456 e. The van der Waals surface area contributed by atoms with Gasteiger partial charge in [-0.1, -0.05) is 44.9 Å². The van der Waals surface area contributed by atoms with Crippen LogP contribution in [0.1, 0.15) is 89.9 Å². The number of esters is 1. The molecule has 0 spiro atoms. The number of ether oxygens (including phenoxy) is 1. The summed E-state index contributed by atoms with van der Waals surface area (Å²) in [5.74, 6) is 1.34. The molecule has 4 aliphatic rings.